The van der Waals surface area contributed by atoms with Crippen LogP contribution in [-0.4, -0.2) is 9.55 Å². The fourth-order valence-electron chi connectivity index (χ4n) is 2.76. The Balaban J connectivity index is 1.96. The number of hydrogen-bond acceptors (Lipinski definition) is 3. The van der Waals surface area contributed by atoms with Gasteiger partial charge in [0.05, 0.1) is 16.6 Å². The fraction of sp³-hybridized carbons (Fsp3) is 0.0556. The van der Waals surface area contributed by atoms with Crippen molar-refractivity contribution < 1.29 is 4.73 Å². The first kappa shape index (κ1) is 14.7. The molecule has 0 fully saturated rings. The van der Waals surface area contributed by atoms with E-state index in [0.29, 0.717) is 32.8 Å². The van der Waals surface area contributed by atoms with Crippen molar-refractivity contribution in [1.29, 1.82) is 0 Å². The Hall–Kier alpha value is -2.92. The lowest BCUT2D eigenvalue weighted by atomic mass is 10.1. The third kappa shape index (κ3) is 2.21. The van der Waals surface area contributed by atoms with Crippen LogP contribution in [0.3, 0.4) is 0 Å². The van der Waals surface area contributed by atoms with Crippen LogP contribution in [0.2, 0.25) is 5.02 Å². The predicted molar refractivity (Wildman–Crippen MR) is 93.6 cm³/mol. The van der Waals surface area contributed by atoms with E-state index in [1.807, 2.05) is 6.07 Å². The van der Waals surface area contributed by atoms with Gasteiger partial charge in [-0.3, -0.25) is 9.36 Å². The van der Waals surface area contributed by atoms with Crippen molar-refractivity contribution in [3.05, 3.63) is 81.1 Å². The highest BCUT2D eigenvalue weighted by molar-refractivity contribution is 6.31. The molecule has 118 valence electrons. The Bertz CT molecular complexity index is 1170. The van der Waals surface area contributed by atoms with Gasteiger partial charge in [-0.05, 0) is 36.4 Å². The first-order valence-corrected chi connectivity index (χ1v) is 7.72. The molecule has 4 rings (SSSR count). The van der Waals surface area contributed by atoms with E-state index < -0.39 is 0 Å². The zero-order valence-corrected chi connectivity index (χ0v) is 13.5. The molecule has 5 nitrogen and oxygen atoms in total. The fourth-order valence-corrected chi connectivity index (χ4v) is 2.92. The zero-order chi connectivity index (χ0) is 16.8. The van der Waals surface area contributed by atoms with Crippen LogP contribution in [0.4, 0.5) is 0 Å². The van der Waals surface area contributed by atoms with Crippen molar-refractivity contribution in [2.75, 3.05) is 0 Å². The maximum Gasteiger partial charge on any atom is 0.265 e. The molecule has 0 atom stereocenters. The molecule has 0 spiro atoms. The first-order valence-electron chi connectivity index (χ1n) is 7.35. The number of benzene rings is 2. The van der Waals surface area contributed by atoms with Crippen LogP contribution in [0.25, 0.3) is 27.5 Å². The van der Waals surface area contributed by atoms with Crippen LogP contribution in [0.5, 0.6) is 0 Å². The van der Waals surface area contributed by atoms with Crippen molar-refractivity contribution in [2.45, 2.75) is 6.92 Å². The molecule has 2 heterocycles. The summed E-state index contributed by atoms with van der Waals surface area (Å²) in [4.78, 5) is 17.0. The van der Waals surface area contributed by atoms with Crippen LogP contribution in [-0.2, 0) is 0 Å². The molecule has 24 heavy (non-hydrogen) atoms. The lowest BCUT2D eigenvalue weighted by Crippen LogP contribution is -2.30. The zero-order valence-electron chi connectivity index (χ0n) is 12.7. The molecule has 0 radical (unpaired) electrons. The Morgan fingerprint density at radius 2 is 1.96 bits per heavy atom. The summed E-state index contributed by atoms with van der Waals surface area (Å²) in [5.74, 6) is 0. The Kier molecular flexibility index (Phi) is 3.25. The van der Waals surface area contributed by atoms with Crippen LogP contribution in [0.1, 0.15) is 5.69 Å². The lowest BCUT2D eigenvalue weighted by molar-refractivity contribution is -0.584. The normalized spacial score (nSPS) is 11.2. The molecule has 0 N–H and O–H groups in total. The molecule has 0 aliphatic carbocycles. The van der Waals surface area contributed by atoms with Crippen molar-refractivity contribution in [1.82, 2.24) is 9.55 Å². The molecule has 0 bridgehead atoms. The van der Waals surface area contributed by atoms with Crippen LogP contribution >= 0.6 is 11.6 Å². The smallest absolute Gasteiger partial charge is 0.265 e. The van der Waals surface area contributed by atoms with Crippen molar-refractivity contribution in [3.63, 3.8) is 0 Å². The van der Waals surface area contributed by atoms with E-state index in [-0.39, 0.29) is 5.56 Å². The van der Waals surface area contributed by atoms with Gasteiger partial charge in [0, 0.05) is 29.5 Å². The van der Waals surface area contributed by atoms with Gasteiger partial charge in [-0.1, -0.05) is 11.6 Å². The number of aryl methyl sites for hydroxylation is 1. The largest absolute Gasteiger partial charge is 0.618 e. The highest BCUT2D eigenvalue weighted by Gasteiger charge is 2.10. The molecule has 0 amide bonds. The van der Waals surface area contributed by atoms with Gasteiger partial charge >= 0.3 is 0 Å². The van der Waals surface area contributed by atoms with Gasteiger partial charge in [0.25, 0.3) is 5.56 Å². The molecule has 0 saturated carbocycles. The van der Waals surface area contributed by atoms with E-state index in [9.17, 15) is 10.0 Å². The van der Waals surface area contributed by atoms with E-state index in [0.717, 1.165) is 10.1 Å². The SMILES string of the molecule is Cc1ccc2cc(-n3cnc4cc(Cl)ccc4c3=O)ccc2[n+]1[O-]. The summed E-state index contributed by atoms with van der Waals surface area (Å²) in [5.41, 5.74) is 2.21. The average Bonchev–Trinajstić information content (AvgIpc) is 2.58. The molecule has 4 aromatic rings. The second kappa shape index (κ2) is 5.32. The molecule has 0 unspecified atom stereocenters. The third-order valence-corrected chi connectivity index (χ3v) is 4.29. The minimum atomic E-state index is -0.182. The maximum absolute atomic E-state index is 12.7. The number of halogens is 1. The topological polar surface area (TPSA) is 61.8 Å². The summed E-state index contributed by atoms with van der Waals surface area (Å²) in [7, 11) is 0. The number of pyridine rings is 1. The summed E-state index contributed by atoms with van der Waals surface area (Å²) in [6.45, 7) is 1.75. The Morgan fingerprint density at radius 3 is 2.79 bits per heavy atom. The molecule has 2 aromatic carbocycles. The van der Waals surface area contributed by atoms with Crippen LogP contribution in [0, 0.1) is 12.1 Å². The summed E-state index contributed by atoms with van der Waals surface area (Å²) in [6, 6.07) is 13.9. The Labute approximate surface area is 142 Å². The van der Waals surface area contributed by atoms with E-state index in [2.05, 4.69) is 4.98 Å². The number of hydrogen-bond donors (Lipinski definition) is 0. The van der Waals surface area contributed by atoms with Gasteiger partial charge in [-0.25, -0.2) is 4.98 Å². The minimum Gasteiger partial charge on any atom is -0.618 e. The summed E-state index contributed by atoms with van der Waals surface area (Å²) >= 11 is 5.94. The average molecular weight is 338 g/mol. The minimum absolute atomic E-state index is 0.182. The van der Waals surface area contributed by atoms with E-state index in [4.69, 9.17) is 11.6 Å². The van der Waals surface area contributed by atoms with Gasteiger partial charge < -0.3 is 5.21 Å². The lowest BCUT2D eigenvalue weighted by Gasteiger charge is -2.09. The molecule has 0 aliphatic heterocycles. The molecular formula is C18H12ClN3O2. The molecule has 6 heteroatoms. The number of nitrogens with zero attached hydrogens (tertiary/aromatic N) is 3. The van der Waals surface area contributed by atoms with Gasteiger partial charge in [0.15, 0.2) is 5.69 Å². The van der Waals surface area contributed by atoms with Crippen molar-refractivity contribution >= 4 is 33.4 Å². The first-order chi connectivity index (χ1) is 11.5. The highest BCUT2D eigenvalue weighted by Crippen LogP contribution is 2.18. The van der Waals surface area contributed by atoms with Gasteiger partial charge in [-0.2, -0.15) is 4.73 Å². The summed E-state index contributed by atoms with van der Waals surface area (Å²) in [5, 5.41) is 13.9. The summed E-state index contributed by atoms with van der Waals surface area (Å²) in [6.07, 6.45) is 1.47. The molecule has 0 saturated heterocycles. The maximum atomic E-state index is 12.7. The van der Waals surface area contributed by atoms with Crippen LogP contribution < -0.4 is 10.3 Å². The number of aromatic nitrogens is 3. The molecule has 2 aromatic heterocycles. The van der Waals surface area contributed by atoms with E-state index in [1.54, 1.807) is 49.4 Å². The summed E-state index contributed by atoms with van der Waals surface area (Å²) < 4.78 is 2.34. The second-order valence-corrected chi connectivity index (χ2v) is 6.03. The molecule has 0 aliphatic rings. The Morgan fingerprint density at radius 1 is 1.12 bits per heavy atom. The van der Waals surface area contributed by atoms with Gasteiger partial charge in [-0.15, -0.1) is 0 Å². The van der Waals surface area contributed by atoms with Gasteiger partial charge in [0.1, 0.15) is 6.33 Å². The highest BCUT2D eigenvalue weighted by atomic mass is 35.5. The monoisotopic (exact) mass is 337 g/mol. The van der Waals surface area contributed by atoms with Crippen molar-refractivity contribution in [3.8, 4) is 5.69 Å². The van der Waals surface area contributed by atoms with E-state index >= 15 is 0 Å². The van der Waals surface area contributed by atoms with Crippen molar-refractivity contribution in [2.24, 2.45) is 0 Å². The third-order valence-electron chi connectivity index (χ3n) is 4.05. The number of rotatable bonds is 1. The second-order valence-electron chi connectivity index (χ2n) is 5.59. The quantitative estimate of drug-likeness (QED) is 0.396. The standard InChI is InChI=1S/C18H12ClN3O2/c1-11-2-3-12-8-14(5-7-17(12)22(11)24)21-10-20-16-9-13(19)4-6-15(16)18(21)23/h2-10H,1H3. The van der Waals surface area contributed by atoms with Gasteiger partial charge in [0.2, 0.25) is 5.52 Å². The predicted octanol–water partition coefficient (Wildman–Crippen LogP) is 3.13. The molecular weight excluding hydrogens is 326 g/mol. The van der Waals surface area contributed by atoms with E-state index in [1.165, 1.54) is 10.9 Å². The van der Waals surface area contributed by atoms with Crippen LogP contribution in [0.15, 0.2) is 59.7 Å². The number of fused-ring (bicyclic) bond motifs is 2.